The van der Waals surface area contributed by atoms with Crippen LogP contribution in [-0.4, -0.2) is 19.9 Å². The number of halogens is 1. The van der Waals surface area contributed by atoms with Gasteiger partial charge in [-0.2, -0.15) is 5.10 Å². The molecule has 0 aliphatic rings. The lowest BCUT2D eigenvalue weighted by Crippen LogP contribution is -2.08. The van der Waals surface area contributed by atoms with E-state index in [1.165, 1.54) is 11.3 Å². The van der Waals surface area contributed by atoms with Crippen molar-refractivity contribution in [3.05, 3.63) is 32.4 Å². The largest absolute Gasteiger partial charge is 0.386 e. The summed E-state index contributed by atoms with van der Waals surface area (Å²) < 4.78 is 2.89. The zero-order valence-electron chi connectivity index (χ0n) is 9.72. The summed E-state index contributed by atoms with van der Waals surface area (Å²) in [5.74, 6) is 0. The number of aromatic nitrogens is 3. The van der Waals surface area contributed by atoms with Crippen LogP contribution in [0.15, 0.2) is 16.0 Å². The number of thiazole rings is 1. The number of hydrogen-bond acceptors (Lipinski definition) is 4. The Hall–Kier alpha value is -0.720. The number of hydrogen-bond donors (Lipinski definition) is 1. The minimum atomic E-state index is -0.562. The molecular weight excluding hydrogens is 302 g/mol. The Morgan fingerprint density at radius 3 is 2.94 bits per heavy atom. The molecule has 2 aromatic heterocycles. The standard InChI is InChI=1S/C11H14BrN3OS/c1-3-15-8(10(12)7(2)14-15)6-9(16)11-13-4-5-17-11/h4-5,9,16H,3,6H2,1-2H3. The van der Waals surface area contributed by atoms with Gasteiger partial charge in [-0.05, 0) is 29.8 Å². The third kappa shape index (κ3) is 2.59. The van der Waals surface area contributed by atoms with E-state index in [-0.39, 0.29) is 0 Å². The molecule has 0 saturated heterocycles. The molecule has 1 atom stereocenters. The van der Waals surface area contributed by atoms with E-state index in [2.05, 4.69) is 26.0 Å². The van der Waals surface area contributed by atoms with Crippen LogP contribution in [-0.2, 0) is 13.0 Å². The summed E-state index contributed by atoms with van der Waals surface area (Å²) in [6, 6.07) is 0. The second-order valence-corrected chi connectivity index (χ2v) is 5.47. The predicted molar refractivity (Wildman–Crippen MR) is 71.1 cm³/mol. The summed E-state index contributed by atoms with van der Waals surface area (Å²) in [5, 5.41) is 17.1. The second-order valence-electron chi connectivity index (χ2n) is 3.75. The SMILES string of the molecule is CCn1nc(C)c(Br)c1CC(O)c1nccs1. The van der Waals surface area contributed by atoms with Crippen LogP contribution < -0.4 is 0 Å². The molecule has 17 heavy (non-hydrogen) atoms. The highest BCUT2D eigenvalue weighted by Gasteiger charge is 2.18. The highest BCUT2D eigenvalue weighted by molar-refractivity contribution is 9.10. The molecule has 0 radical (unpaired) electrons. The van der Waals surface area contributed by atoms with Crippen molar-refractivity contribution in [3.63, 3.8) is 0 Å². The lowest BCUT2D eigenvalue weighted by molar-refractivity contribution is 0.174. The first-order chi connectivity index (χ1) is 8.13. The Kier molecular flexibility index (Phi) is 3.96. The Morgan fingerprint density at radius 2 is 2.35 bits per heavy atom. The van der Waals surface area contributed by atoms with Crippen molar-refractivity contribution in [1.82, 2.24) is 14.8 Å². The van der Waals surface area contributed by atoms with E-state index < -0.39 is 6.10 Å². The maximum Gasteiger partial charge on any atom is 0.122 e. The summed E-state index contributed by atoms with van der Waals surface area (Å²) in [6.45, 7) is 4.79. The summed E-state index contributed by atoms with van der Waals surface area (Å²) in [7, 11) is 0. The molecule has 1 N–H and O–H groups in total. The molecule has 2 aromatic rings. The Balaban J connectivity index is 2.24. The normalized spacial score (nSPS) is 12.9. The molecule has 0 bridgehead atoms. The van der Waals surface area contributed by atoms with Crippen LogP contribution in [0.5, 0.6) is 0 Å². The summed E-state index contributed by atoms with van der Waals surface area (Å²) >= 11 is 4.99. The van der Waals surface area contributed by atoms with Crippen LogP contribution in [0.4, 0.5) is 0 Å². The molecule has 0 aliphatic heterocycles. The van der Waals surface area contributed by atoms with Crippen molar-refractivity contribution in [2.45, 2.75) is 32.9 Å². The maximum absolute atomic E-state index is 10.1. The summed E-state index contributed by atoms with van der Waals surface area (Å²) in [4.78, 5) is 4.13. The first-order valence-corrected chi connectivity index (χ1v) is 7.10. The van der Waals surface area contributed by atoms with E-state index in [0.717, 1.165) is 27.4 Å². The van der Waals surface area contributed by atoms with Gasteiger partial charge in [-0.15, -0.1) is 11.3 Å². The van der Waals surface area contributed by atoms with E-state index in [0.29, 0.717) is 6.42 Å². The van der Waals surface area contributed by atoms with E-state index in [4.69, 9.17) is 0 Å². The average Bonchev–Trinajstić information content (AvgIpc) is 2.92. The van der Waals surface area contributed by atoms with Gasteiger partial charge in [-0.1, -0.05) is 0 Å². The van der Waals surface area contributed by atoms with E-state index in [1.54, 1.807) is 6.20 Å². The fourth-order valence-corrected chi connectivity index (χ4v) is 2.80. The first kappa shape index (κ1) is 12.7. The molecule has 0 aromatic carbocycles. The molecule has 0 amide bonds. The number of nitrogens with zero attached hydrogens (tertiary/aromatic N) is 3. The van der Waals surface area contributed by atoms with Crippen LogP contribution in [0.2, 0.25) is 0 Å². The van der Waals surface area contributed by atoms with E-state index in [9.17, 15) is 5.11 Å². The minimum Gasteiger partial charge on any atom is -0.386 e. The van der Waals surface area contributed by atoms with Crippen LogP contribution >= 0.6 is 27.3 Å². The van der Waals surface area contributed by atoms with Gasteiger partial charge in [-0.3, -0.25) is 4.68 Å². The van der Waals surface area contributed by atoms with E-state index in [1.807, 2.05) is 23.9 Å². The zero-order valence-corrected chi connectivity index (χ0v) is 12.1. The summed E-state index contributed by atoms with van der Waals surface area (Å²) in [5.41, 5.74) is 1.97. The molecule has 6 heteroatoms. The van der Waals surface area contributed by atoms with Gasteiger partial charge in [0.1, 0.15) is 11.1 Å². The van der Waals surface area contributed by atoms with Gasteiger partial charge in [0.2, 0.25) is 0 Å². The predicted octanol–water partition coefficient (Wildman–Crippen LogP) is 2.71. The third-order valence-corrected chi connectivity index (χ3v) is 4.48. The van der Waals surface area contributed by atoms with Crippen molar-refractivity contribution in [3.8, 4) is 0 Å². The number of aliphatic hydroxyl groups excluding tert-OH is 1. The fraction of sp³-hybridized carbons (Fsp3) is 0.455. The van der Waals surface area contributed by atoms with Crippen LogP contribution in [0, 0.1) is 6.92 Å². The fourth-order valence-electron chi connectivity index (χ4n) is 1.73. The molecule has 1 unspecified atom stereocenters. The number of rotatable bonds is 4. The molecular formula is C11H14BrN3OS. The van der Waals surface area contributed by atoms with Crippen molar-refractivity contribution < 1.29 is 5.11 Å². The smallest absolute Gasteiger partial charge is 0.122 e. The average molecular weight is 316 g/mol. The summed E-state index contributed by atoms with van der Waals surface area (Å²) in [6.07, 6.45) is 1.68. The molecule has 92 valence electrons. The molecule has 0 saturated carbocycles. The monoisotopic (exact) mass is 315 g/mol. The van der Waals surface area contributed by atoms with Crippen LogP contribution in [0.3, 0.4) is 0 Å². The Labute approximate surface area is 112 Å². The lowest BCUT2D eigenvalue weighted by atomic mass is 10.2. The highest BCUT2D eigenvalue weighted by atomic mass is 79.9. The topological polar surface area (TPSA) is 50.9 Å². The van der Waals surface area contributed by atoms with E-state index >= 15 is 0 Å². The number of aryl methyl sites for hydroxylation is 2. The van der Waals surface area contributed by atoms with Gasteiger partial charge in [0.25, 0.3) is 0 Å². The molecule has 0 fully saturated rings. The molecule has 0 spiro atoms. The van der Waals surface area contributed by atoms with Crippen LogP contribution in [0.25, 0.3) is 0 Å². The third-order valence-electron chi connectivity index (χ3n) is 2.58. The minimum absolute atomic E-state index is 0.531. The first-order valence-electron chi connectivity index (χ1n) is 5.42. The second kappa shape index (κ2) is 5.29. The highest BCUT2D eigenvalue weighted by Crippen LogP contribution is 2.27. The van der Waals surface area contributed by atoms with Crippen LogP contribution in [0.1, 0.15) is 29.4 Å². The van der Waals surface area contributed by atoms with Gasteiger partial charge >= 0.3 is 0 Å². The Bertz CT molecular complexity index is 495. The van der Waals surface area contributed by atoms with Gasteiger partial charge < -0.3 is 5.11 Å². The molecule has 0 aliphatic carbocycles. The molecule has 4 nitrogen and oxygen atoms in total. The van der Waals surface area contributed by atoms with Gasteiger partial charge in [-0.25, -0.2) is 4.98 Å². The van der Waals surface area contributed by atoms with Crippen molar-refractivity contribution in [2.24, 2.45) is 0 Å². The van der Waals surface area contributed by atoms with Crippen molar-refractivity contribution in [2.75, 3.05) is 0 Å². The lowest BCUT2D eigenvalue weighted by Gasteiger charge is -2.09. The molecule has 2 heterocycles. The Morgan fingerprint density at radius 1 is 1.59 bits per heavy atom. The van der Waals surface area contributed by atoms with Gasteiger partial charge in [0.15, 0.2) is 0 Å². The molecule has 2 rings (SSSR count). The van der Waals surface area contributed by atoms with Crippen molar-refractivity contribution >= 4 is 27.3 Å². The maximum atomic E-state index is 10.1. The van der Waals surface area contributed by atoms with Gasteiger partial charge in [0, 0.05) is 24.5 Å². The quantitative estimate of drug-likeness (QED) is 0.943. The number of aliphatic hydroxyl groups is 1. The van der Waals surface area contributed by atoms with Gasteiger partial charge in [0.05, 0.1) is 15.9 Å². The van der Waals surface area contributed by atoms with Crippen molar-refractivity contribution in [1.29, 1.82) is 0 Å². The zero-order chi connectivity index (χ0) is 12.4.